The summed E-state index contributed by atoms with van der Waals surface area (Å²) in [5, 5.41) is 6.49. The number of aromatic nitrogens is 1. The molecule has 1 saturated heterocycles. The number of anilines is 1. The molecule has 1 unspecified atom stereocenters. The molecule has 0 amide bonds. The molecule has 0 aromatic carbocycles. The molecule has 1 aromatic heterocycles. The van der Waals surface area contributed by atoms with Crippen LogP contribution in [0.1, 0.15) is 38.7 Å². The van der Waals surface area contributed by atoms with Gasteiger partial charge < -0.3 is 15.5 Å². The molecule has 146 valence electrons. The predicted octanol–water partition coefficient (Wildman–Crippen LogP) is 1.56. The third kappa shape index (κ3) is 7.19. The van der Waals surface area contributed by atoms with Gasteiger partial charge in [-0.1, -0.05) is 0 Å². The fourth-order valence-corrected chi connectivity index (χ4v) is 3.65. The first-order valence-electron chi connectivity index (χ1n) is 9.30. The number of hydrogen-bond donors (Lipinski definition) is 2. The lowest BCUT2D eigenvalue weighted by Crippen LogP contribution is -2.42. The molecular weight excluding hydrogens is 350 g/mol. The van der Waals surface area contributed by atoms with Crippen LogP contribution in [0.15, 0.2) is 23.3 Å². The highest BCUT2D eigenvalue weighted by molar-refractivity contribution is 7.90. The monoisotopic (exact) mass is 381 g/mol. The average Bonchev–Trinajstić information content (AvgIpc) is 3.12. The minimum absolute atomic E-state index is 0.0279. The number of aliphatic imine (C=N–C) groups is 1. The maximum absolute atomic E-state index is 11.3. The quantitative estimate of drug-likeness (QED) is 0.525. The second-order valence-corrected chi connectivity index (χ2v) is 9.14. The average molecular weight is 382 g/mol. The van der Waals surface area contributed by atoms with Crippen molar-refractivity contribution in [2.45, 2.75) is 45.7 Å². The number of pyridine rings is 1. The van der Waals surface area contributed by atoms with Crippen molar-refractivity contribution in [3.63, 3.8) is 0 Å². The second kappa shape index (κ2) is 9.75. The van der Waals surface area contributed by atoms with Gasteiger partial charge in [0.2, 0.25) is 0 Å². The highest BCUT2D eigenvalue weighted by atomic mass is 32.2. The first-order chi connectivity index (χ1) is 12.4. The van der Waals surface area contributed by atoms with Gasteiger partial charge in [0.05, 0.1) is 12.3 Å². The molecule has 2 N–H and O–H groups in total. The summed E-state index contributed by atoms with van der Waals surface area (Å²) in [5.41, 5.74) is 1.11. The molecule has 2 heterocycles. The molecule has 7 nitrogen and oxygen atoms in total. The van der Waals surface area contributed by atoms with Crippen LogP contribution in [-0.2, 0) is 16.4 Å². The Morgan fingerprint density at radius 1 is 1.38 bits per heavy atom. The van der Waals surface area contributed by atoms with Crippen molar-refractivity contribution in [2.75, 3.05) is 36.5 Å². The molecule has 1 fully saturated rings. The predicted molar refractivity (Wildman–Crippen MR) is 107 cm³/mol. The smallest absolute Gasteiger partial charge is 0.191 e. The van der Waals surface area contributed by atoms with Crippen molar-refractivity contribution in [1.82, 2.24) is 15.6 Å². The maximum Gasteiger partial charge on any atom is 0.191 e. The molecule has 0 radical (unpaired) electrons. The van der Waals surface area contributed by atoms with E-state index in [1.807, 2.05) is 26.1 Å². The van der Waals surface area contributed by atoms with Crippen molar-refractivity contribution in [3.05, 3.63) is 23.9 Å². The Kier molecular flexibility index (Phi) is 7.68. The Morgan fingerprint density at radius 3 is 2.77 bits per heavy atom. The summed E-state index contributed by atoms with van der Waals surface area (Å²) in [7, 11) is -2.95. The lowest BCUT2D eigenvalue weighted by Gasteiger charge is -2.18. The van der Waals surface area contributed by atoms with Gasteiger partial charge in [0.25, 0.3) is 0 Å². The largest absolute Gasteiger partial charge is 0.357 e. The molecule has 8 heteroatoms. The highest BCUT2D eigenvalue weighted by Gasteiger charge is 2.13. The Labute approximate surface area is 157 Å². The third-order valence-corrected chi connectivity index (χ3v) is 5.29. The van der Waals surface area contributed by atoms with Crippen molar-refractivity contribution in [3.8, 4) is 0 Å². The van der Waals surface area contributed by atoms with E-state index in [0.29, 0.717) is 18.9 Å². The standard InChI is InChI=1S/C18H31N5O2S/c1-4-19-18(22-15(2)8-12-26(3,24)25)21-14-16-7-9-20-17(13-16)23-10-5-6-11-23/h7,9,13,15H,4-6,8,10-12,14H2,1-3H3,(H2,19,21,22). The van der Waals surface area contributed by atoms with Crippen molar-refractivity contribution in [2.24, 2.45) is 4.99 Å². The van der Waals surface area contributed by atoms with Gasteiger partial charge in [-0.05, 0) is 50.8 Å². The van der Waals surface area contributed by atoms with Crippen LogP contribution in [0.5, 0.6) is 0 Å². The summed E-state index contributed by atoms with van der Waals surface area (Å²) in [6.45, 7) is 7.42. The molecule has 1 aromatic rings. The summed E-state index contributed by atoms with van der Waals surface area (Å²) < 4.78 is 22.6. The fourth-order valence-electron chi connectivity index (χ4n) is 2.86. The first-order valence-corrected chi connectivity index (χ1v) is 11.4. The summed E-state index contributed by atoms with van der Waals surface area (Å²) in [6.07, 6.45) is 6.11. The molecule has 0 bridgehead atoms. The zero-order valence-corrected chi connectivity index (χ0v) is 16.8. The van der Waals surface area contributed by atoms with Crippen LogP contribution in [0, 0.1) is 0 Å². The number of guanidine groups is 1. The van der Waals surface area contributed by atoms with E-state index in [2.05, 4.69) is 31.6 Å². The lowest BCUT2D eigenvalue weighted by atomic mass is 10.2. The van der Waals surface area contributed by atoms with Crippen molar-refractivity contribution >= 4 is 21.6 Å². The van der Waals surface area contributed by atoms with E-state index in [-0.39, 0.29) is 11.8 Å². The third-order valence-electron chi connectivity index (χ3n) is 4.31. The summed E-state index contributed by atoms with van der Waals surface area (Å²) in [6, 6.07) is 4.12. The van der Waals surface area contributed by atoms with Gasteiger partial charge in [-0.3, -0.25) is 0 Å². The topological polar surface area (TPSA) is 86.7 Å². The van der Waals surface area contributed by atoms with Crippen LogP contribution >= 0.6 is 0 Å². The second-order valence-electron chi connectivity index (χ2n) is 6.88. The lowest BCUT2D eigenvalue weighted by molar-refractivity contribution is 0.581. The summed E-state index contributed by atoms with van der Waals surface area (Å²) in [5.74, 6) is 1.90. The Hall–Kier alpha value is -1.83. The van der Waals surface area contributed by atoms with Crippen molar-refractivity contribution < 1.29 is 8.42 Å². The van der Waals surface area contributed by atoms with E-state index in [4.69, 9.17) is 0 Å². The molecule has 0 saturated carbocycles. The molecule has 2 rings (SSSR count). The molecule has 26 heavy (non-hydrogen) atoms. The van der Waals surface area contributed by atoms with E-state index in [1.165, 1.54) is 19.1 Å². The van der Waals surface area contributed by atoms with E-state index >= 15 is 0 Å². The number of hydrogen-bond acceptors (Lipinski definition) is 5. The molecule has 1 atom stereocenters. The fraction of sp³-hybridized carbons (Fsp3) is 0.667. The number of sulfone groups is 1. The van der Waals surface area contributed by atoms with E-state index < -0.39 is 9.84 Å². The number of rotatable bonds is 8. The van der Waals surface area contributed by atoms with Crippen LogP contribution in [0.2, 0.25) is 0 Å². The molecular formula is C18H31N5O2S. The van der Waals surface area contributed by atoms with Gasteiger partial charge in [0.15, 0.2) is 5.96 Å². The Bertz CT molecular complexity index is 699. The summed E-state index contributed by atoms with van der Waals surface area (Å²) >= 11 is 0. The zero-order chi connectivity index (χ0) is 19.0. The van der Waals surface area contributed by atoms with Crippen LogP contribution in [0.25, 0.3) is 0 Å². The van der Waals surface area contributed by atoms with E-state index in [0.717, 1.165) is 31.0 Å². The Morgan fingerprint density at radius 2 is 2.12 bits per heavy atom. The molecule has 0 spiro atoms. The normalized spacial score (nSPS) is 16.6. The van der Waals surface area contributed by atoms with Crippen LogP contribution in [-0.4, -0.2) is 57.0 Å². The van der Waals surface area contributed by atoms with Crippen molar-refractivity contribution in [1.29, 1.82) is 0 Å². The molecule has 1 aliphatic rings. The van der Waals surface area contributed by atoms with Crippen LogP contribution < -0.4 is 15.5 Å². The van der Waals surface area contributed by atoms with Gasteiger partial charge in [0.1, 0.15) is 15.7 Å². The number of nitrogens with zero attached hydrogens (tertiary/aromatic N) is 3. The van der Waals surface area contributed by atoms with Gasteiger partial charge in [-0.25, -0.2) is 18.4 Å². The first kappa shape index (κ1) is 20.5. The zero-order valence-electron chi connectivity index (χ0n) is 16.0. The van der Waals surface area contributed by atoms with Gasteiger partial charge in [-0.2, -0.15) is 0 Å². The highest BCUT2D eigenvalue weighted by Crippen LogP contribution is 2.18. The van der Waals surface area contributed by atoms with Gasteiger partial charge in [-0.15, -0.1) is 0 Å². The van der Waals surface area contributed by atoms with E-state index in [9.17, 15) is 8.42 Å². The van der Waals surface area contributed by atoms with Gasteiger partial charge in [0, 0.05) is 38.1 Å². The van der Waals surface area contributed by atoms with Crippen LogP contribution in [0.3, 0.4) is 0 Å². The van der Waals surface area contributed by atoms with Gasteiger partial charge >= 0.3 is 0 Å². The Balaban J connectivity index is 1.96. The minimum atomic E-state index is -2.95. The van der Waals surface area contributed by atoms with E-state index in [1.54, 1.807) is 0 Å². The minimum Gasteiger partial charge on any atom is -0.357 e. The molecule has 1 aliphatic heterocycles. The maximum atomic E-state index is 11.3. The number of nitrogens with one attached hydrogen (secondary N) is 2. The SMILES string of the molecule is CCNC(=NCc1ccnc(N2CCCC2)c1)NC(C)CCS(C)(=O)=O. The van der Waals surface area contributed by atoms with Crippen LogP contribution in [0.4, 0.5) is 5.82 Å². The summed E-state index contributed by atoms with van der Waals surface area (Å²) in [4.78, 5) is 11.4. The molecule has 0 aliphatic carbocycles.